The molecule has 0 aromatic heterocycles. The Morgan fingerprint density at radius 1 is 1.08 bits per heavy atom. The highest BCUT2D eigenvalue weighted by Crippen LogP contribution is 2.26. The third kappa shape index (κ3) is 4.02. The first-order valence-corrected chi connectivity index (χ1v) is 8.28. The number of rotatable bonds is 5. The van der Waals surface area contributed by atoms with Crippen molar-refractivity contribution in [2.45, 2.75) is 46.6 Å². The number of carbonyl (C=O) groups is 3. The molecule has 0 bridgehead atoms. The maximum atomic E-state index is 12.5. The second-order valence-corrected chi connectivity index (χ2v) is 7.63. The Hall–Kier alpha value is -2.17. The molecule has 0 saturated carbocycles. The van der Waals surface area contributed by atoms with E-state index in [0.717, 1.165) is 0 Å². The lowest BCUT2D eigenvalue weighted by Crippen LogP contribution is -2.40. The van der Waals surface area contributed by atoms with Crippen LogP contribution in [0.4, 0.5) is 0 Å². The average molecular weight is 331 g/mol. The number of imide groups is 1. The summed E-state index contributed by atoms with van der Waals surface area (Å²) in [6.07, 6.45) is 0.558. The number of esters is 1. The van der Waals surface area contributed by atoms with E-state index in [1.165, 1.54) is 4.90 Å². The maximum Gasteiger partial charge on any atom is 0.311 e. The third-order valence-corrected chi connectivity index (χ3v) is 3.78. The van der Waals surface area contributed by atoms with Gasteiger partial charge in [-0.3, -0.25) is 19.3 Å². The number of ether oxygens (including phenoxy) is 1. The van der Waals surface area contributed by atoms with Gasteiger partial charge in [-0.25, -0.2) is 0 Å². The van der Waals surface area contributed by atoms with Crippen LogP contribution in [0.15, 0.2) is 24.3 Å². The number of hydrogen-bond acceptors (Lipinski definition) is 4. The number of nitrogens with zero attached hydrogens (tertiary/aromatic N) is 1. The predicted molar refractivity (Wildman–Crippen MR) is 90.6 cm³/mol. The summed E-state index contributed by atoms with van der Waals surface area (Å²) >= 11 is 0. The Morgan fingerprint density at radius 2 is 1.58 bits per heavy atom. The standard InChI is InChI=1S/C19H25NO4/c1-12(2)10-13(18(23)24-19(3,4)5)11-20-16(21)14-8-6-7-9-15(14)17(20)22/h6-9,12-13H,10-11H2,1-5H3/t13-/m0/s1. The molecule has 5 nitrogen and oxygen atoms in total. The van der Waals surface area contributed by atoms with Gasteiger partial charge >= 0.3 is 5.97 Å². The van der Waals surface area contributed by atoms with Crippen LogP contribution >= 0.6 is 0 Å². The van der Waals surface area contributed by atoms with E-state index in [0.29, 0.717) is 17.5 Å². The van der Waals surface area contributed by atoms with Gasteiger partial charge in [0.15, 0.2) is 0 Å². The van der Waals surface area contributed by atoms with E-state index in [1.54, 1.807) is 45.0 Å². The van der Waals surface area contributed by atoms with Gasteiger partial charge in [0, 0.05) is 6.54 Å². The van der Waals surface area contributed by atoms with Crippen LogP contribution in [0, 0.1) is 11.8 Å². The van der Waals surface area contributed by atoms with Gasteiger partial charge < -0.3 is 4.74 Å². The van der Waals surface area contributed by atoms with Gasteiger partial charge in [-0.2, -0.15) is 0 Å². The number of fused-ring (bicyclic) bond motifs is 1. The van der Waals surface area contributed by atoms with E-state index < -0.39 is 11.5 Å². The van der Waals surface area contributed by atoms with Gasteiger partial charge in [0.2, 0.25) is 0 Å². The fourth-order valence-electron chi connectivity index (χ4n) is 2.82. The summed E-state index contributed by atoms with van der Waals surface area (Å²) in [6.45, 7) is 9.47. The molecule has 1 heterocycles. The van der Waals surface area contributed by atoms with Crippen LogP contribution in [0.25, 0.3) is 0 Å². The molecule has 24 heavy (non-hydrogen) atoms. The zero-order valence-electron chi connectivity index (χ0n) is 15.0. The number of benzene rings is 1. The van der Waals surface area contributed by atoms with Gasteiger partial charge in [-0.1, -0.05) is 26.0 Å². The van der Waals surface area contributed by atoms with Crippen LogP contribution in [0.1, 0.15) is 61.8 Å². The van der Waals surface area contributed by atoms with Crippen molar-refractivity contribution in [2.75, 3.05) is 6.54 Å². The SMILES string of the molecule is CC(C)C[C@@H](CN1C(=O)c2ccccc2C1=O)C(=O)OC(C)(C)C. The molecule has 1 aromatic carbocycles. The molecule has 1 atom stereocenters. The van der Waals surface area contributed by atoms with Crippen LogP contribution in [-0.2, 0) is 9.53 Å². The second kappa shape index (κ2) is 6.75. The van der Waals surface area contributed by atoms with Crippen LogP contribution in [0.5, 0.6) is 0 Å². The Bertz CT molecular complexity index is 623. The lowest BCUT2D eigenvalue weighted by Gasteiger charge is -2.27. The van der Waals surface area contributed by atoms with E-state index in [9.17, 15) is 14.4 Å². The van der Waals surface area contributed by atoms with Crippen molar-refractivity contribution in [3.8, 4) is 0 Å². The van der Waals surface area contributed by atoms with Gasteiger partial charge in [0.1, 0.15) is 5.60 Å². The van der Waals surface area contributed by atoms with Gasteiger partial charge in [0.05, 0.1) is 17.0 Å². The number of hydrogen-bond donors (Lipinski definition) is 0. The Labute approximate surface area is 143 Å². The third-order valence-electron chi connectivity index (χ3n) is 3.78. The molecule has 1 aliphatic heterocycles. The Kier molecular flexibility index (Phi) is 5.11. The highest BCUT2D eigenvalue weighted by Gasteiger charge is 2.38. The largest absolute Gasteiger partial charge is 0.460 e. The molecule has 0 aliphatic carbocycles. The quantitative estimate of drug-likeness (QED) is 0.613. The summed E-state index contributed by atoms with van der Waals surface area (Å²) in [5.41, 5.74) is 0.193. The van der Waals surface area contributed by atoms with Crippen molar-refractivity contribution < 1.29 is 19.1 Å². The van der Waals surface area contributed by atoms with Crippen molar-refractivity contribution in [2.24, 2.45) is 11.8 Å². The summed E-state index contributed by atoms with van der Waals surface area (Å²) in [4.78, 5) is 38.6. The van der Waals surface area contributed by atoms with Crippen molar-refractivity contribution in [1.29, 1.82) is 0 Å². The molecule has 1 aromatic rings. The smallest absolute Gasteiger partial charge is 0.311 e. The molecule has 2 amide bonds. The molecule has 2 rings (SSSR count). The van der Waals surface area contributed by atoms with Crippen LogP contribution < -0.4 is 0 Å². The zero-order valence-corrected chi connectivity index (χ0v) is 15.0. The van der Waals surface area contributed by atoms with Crippen molar-refractivity contribution >= 4 is 17.8 Å². The van der Waals surface area contributed by atoms with Gasteiger partial charge in [0.25, 0.3) is 11.8 Å². The molecule has 1 aliphatic rings. The molecular weight excluding hydrogens is 306 g/mol. The van der Waals surface area contributed by atoms with Gasteiger partial charge in [-0.15, -0.1) is 0 Å². The first-order valence-electron chi connectivity index (χ1n) is 8.28. The number of amides is 2. The van der Waals surface area contributed by atoms with Crippen LogP contribution in [0.3, 0.4) is 0 Å². The molecule has 0 saturated heterocycles. The summed E-state index contributed by atoms with van der Waals surface area (Å²) in [7, 11) is 0. The van der Waals surface area contributed by atoms with E-state index in [1.807, 2.05) is 13.8 Å². The lowest BCUT2D eigenvalue weighted by molar-refractivity contribution is -0.160. The number of carbonyl (C=O) groups excluding carboxylic acids is 3. The lowest BCUT2D eigenvalue weighted by atomic mass is 9.96. The summed E-state index contributed by atoms with van der Waals surface area (Å²) < 4.78 is 5.47. The van der Waals surface area contributed by atoms with E-state index in [2.05, 4.69) is 0 Å². The Morgan fingerprint density at radius 3 is 2.00 bits per heavy atom. The van der Waals surface area contributed by atoms with Crippen molar-refractivity contribution in [3.63, 3.8) is 0 Å². The van der Waals surface area contributed by atoms with E-state index in [4.69, 9.17) is 4.74 Å². The molecule has 130 valence electrons. The molecule has 0 fully saturated rings. The summed E-state index contributed by atoms with van der Waals surface area (Å²) in [6, 6.07) is 6.74. The fourth-order valence-corrected chi connectivity index (χ4v) is 2.82. The zero-order chi connectivity index (χ0) is 18.1. The minimum absolute atomic E-state index is 0.0550. The van der Waals surface area contributed by atoms with Crippen molar-refractivity contribution in [1.82, 2.24) is 4.90 Å². The maximum absolute atomic E-state index is 12.5. The second-order valence-electron chi connectivity index (χ2n) is 7.63. The monoisotopic (exact) mass is 331 g/mol. The summed E-state index contributed by atoms with van der Waals surface area (Å²) in [5, 5.41) is 0. The van der Waals surface area contributed by atoms with E-state index in [-0.39, 0.29) is 30.2 Å². The van der Waals surface area contributed by atoms with Crippen LogP contribution in [0.2, 0.25) is 0 Å². The topological polar surface area (TPSA) is 63.7 Å². The molecule has 0 N–H and O–H groups in total. The normalized spacial score (nSPS) is 15.7. The molecule has 0 spiro atoms. The molecule has 0 radical (unpaired) electrons. The first-order chi connectivity index (χ1) is 11.1. The Balaban J connectivity index is 2.20. The fraction of sp³-hybridized carbons (Fsp3) is 0.526. The van der Waals surface area contributed by atoms with Crippen molar-refractivity contribution in [3.05, 3.63) is 35.4 Å². The summed E-state index contributed by atoms with van der Waals surface area (Å²) in [5.74, 6) is -1.32. The average Bonchev–Trinajstić information content (AvgIpc) is 2.70. The molecular formula is C19H25NO4. The molecule has 0 unspecified atom stereocenters. The minimum Gasteiger partial charge on any atom is -0.460 e. The first kappa shape index (κ1) is 18.2. The van der Waals surface area contributed by atoms with Crippen LogP contribution in [-0.4, -0.2) is 34.8 Å². The highest BCUT2D eigenvalue weighted by molar-refractivity contribution is 6.21. The highest BCUT2D eigenvalue weighted by atomic mass is 16.6. The van der Waals surface area contributed by atoms with Gasteiger partial charge in [-0.05, 0) is 45.2 Å². The predicted octanol–water partition coefficient (Wildman–Crippen LogP) is 3.29. The minimum atomic E-state index is -0.603. The van der Waals surface area contributed by atoms with E-state index >= 15 is 0 Å². The molecule has 5 heteroatoms.